The molecule has 2 amide bonds. The molecular formula is C20H28N6O2. The SMILES string of the molecule is C[C@@H](CO)Nc1cc(CN(C)C)nc(-c2ccc(NC(=O)NC3CC3)cc2)n1. The number of hydrogen-bond acceptors (Lipinski definition) is 6. The molecule has 0 unspecified atom stereocenters. The highest BCUT2D eigenvalue weighted by atomic mass is 16.3. The van der Waals surface area contributed by atoms with E-state index in [1.165, 1.54) is 0 Å². The van der Waals surface area contributed by atoms with Gasteiger partial charge in [-0.3, -0.25) is 0 Å². The molecule has 1 aromatic heterocycles. The van der Waals surface area contributed by atoms with Crippen molar-refractivity contribution in [3.05, 3.63) is 36.0 Å². The van der Waals surface area contributed by atoms with Gasteiger partial charge < -0.3 is 26.0 Å². The molecule has 8 heteroatoms. The second kappa shape index (κ2) is 8.99. The van der Waals surface area contributed by atoms with Gasteiger partial charge in [-0.25, -0.2) is 14.8 Å². The Hall–Kier alpha value is -2.71. The van der Waals surface area contributed by atoms with Gasteiger partial charge in [0.2, 0.25) is 0 Å². The van der Waals surface area contributed by atoms with Gasteiger partial charge in [-0.05, 0) is 58.1 Å². The summed E-state index contributed by atoms with van der Waals surface area (Å²) in [5.41, 5.74) is 2.46. The second-order valence-corrected chi connectivity index (χ2v) is 7.48. The van der Waals surface area contributed by atoms with Crippen LogP contribution in [0.1, 0.15) is 25.5 Å². The van der Waals surface area contributed by atoms with Crippen LogP contribution >= 0.6 is 0 Å². The number of carbonyl (C=O) groups is 1. The third-order valence-electron chi connectivity index (χ3n) is 4.24. The van der Waals surface area contributed by atoms with Gasteiger partial charge >= 0.3 is 6.03 Å². The number of rotatable bonds is 8. The molecule has 0 radical (unpaired) electrons. The maximum atomic E-state index is 11.9. The van der Waals surface area contributed by atoms with Crippen molar-refractivity contribution in [2.24, 2.45) is 0 Å². The number of urea groups is 1. The minimum Gasteiger partial charge on any atom is -0.394 e. The number of carbonyl (C=O) groups excluding carboxylic acids is 1. The Labute approximate surface area is 165 Å². The summed E-state index contributed by atoms with van der Waals surface area (Å²) in [6, 6.07) is 9.39. The zero-order chi connectivity index (χ0) is 20.1. The van der Waals surface area contributed by atoms with Crippen molar-refractivity contribution in [2.75, 3.05) is 31.3 Å². The van der Waals surface area contributed by atoms with E-state index in [-0.39, 0.29) is 18.7 Å². The van der Waals surface area contributed by atoms with E-state index in [1.54, 1.807) is 0 Å². The van der Waals surface area contributed by atoms with E-state index in [0.717, 1.165) is 29.8 Å². The van der Waals surface area contributed by atoms with Crippen LogP contribution in [-0.2, 0) is 6.54 Å². The lowest BCUT2D eigenvalue weighted by Crippen LogP contribution is -2.30. The van der Waals surface area contributed by atoms with Crippen molar-refractivity contribution < 1.29 is 9.90 Å². The van der Waals surface area contributed by atoms with E-state index >= 15 is 0 Å². The van der Waals surface area contributed by atoms with Crippen LogP contribution < -0.4 is 16.0 Å². The van der Waals surface area contributed by atoms with Gasteiger partial charge in [-0.15, -0.1) is 0 Å². The quantitative estimate of drug-likeness (QED) is 0.557. The Morgan fingerprint density at radius 1 is 1.25 bits per heavy atom. The lowest BCUT2D eigenvalue weighted by molar-refractivity contribution is 0.251. The predicted octanol–water partition coefficient (Wildman–Crippen LogP) is 2.28. The molecule has 8 nitrogen and oxygen atoms in total. The molecule has 1 saturated carbocycles. The Morgan fingerprint density at radius 2 is 1.96 bits per heavy atom. The number of aromatic nitrogens is 2. The summed E-state index contributed by atoms with van der Waals surface area (Å²) >= 11 is 0. The van der Waals surface area contributed by atoms with Crippen molar-refractivity contribution in [3.63, 3.8) is 0 Å². The van der Waals surface area contributed by atoms with E-state index < -0.39 is 0 Å². The number of nitrogens with zero attached hydrogens (tertiary/aromatic N) is 3. The first kappa shape index (κ1) is 20.0. The number of nitrogens with one attached hydrogen (secondary N) is 3. The first-order valence-corrected chi connectivity index (χ1v) is 9.51. The summed E-state index contributed by atoms with van der Waals surface area (Å²) in [7, 11) is 3.97. The Bertz CT molecular complexity index is 805. The van der Waals surface area contributed by atoms with Gasteiger partial charge in [-0.1, -0.05) is 0 Å². The lowest BCUT2D eigenvalue weighted by Gasteiger charge is -2.15. The monoisotopic (exact) mass is 384 g/mol. The second-order valence-electron chi connectivity index (χ2n) is 7.48. The summed E-state index contributed by atoms with van der Waals surface area (Å²) in [6.07, 6.45) is 2.11. The molecule has 1 aromatic carbocycles. The average molecular weight is 384 g/mol. The summed E-state index contributed by atoms with van der Waals surface area (Å²) in [6.45, 7) is 2.59. The largest absolute Gasteiger partial charge is 0.394 e. The van der Waals surface area contributed by atoms with Gasteiger partial charge in [0.05, 0.1) is 12.3 Å². The van der Waals surface area contributed by atoms with E-state index in [4.69, 9.17) is 0 Å². The van der Waals surface area contributed by atoms with Gasteiger partial charge in [0.15, 0.2) is 5.82 Å². The van der Waals surface area contributed by atoms with E-state index in [1.807, 2.05) is 56.3 Å². The minimum atomic E-state index is -0.177. The molecule has 1 heterocycles. The molecule has 0 spiro atoms. The molecule has 1 aliphatic carbocycles. The Kier molecular flexibility index (Phi) is 6.43. The molecule has 1 aliphatic rings. The highest BCUT2D eigenvalue weighted by Gasteiger charge is 2.23. The molecule has 0 saturated heterocycles. The highest BCUT2D eigenvalue weighted by Crippen LogP contribution is 2.22. The first-order chi connectivity index (χ1) is 13.4. The van der Waals surface area contributed by atoms with Gasteiger partial charge in [0, 0.05) is 35.9 Å². The van der Waals surface area contributed by atoms with Crippen molar-refractivity contribution in [2.45, 2.75) is 38.4 Å². The number of amides is 2. The lowest BCUT2D eigenvalue weighted by atomic mass is 10.2. The molecule has 0 bridgehead atoms. The summed E-state index contributed by atoms with van der Waals surface area (Å²) in [5.74, 6) is 1.27. The Balaban J connectivity index is 1.77. The normalized spacial score (nSPS) is 14.6. The van der Waals surface area contributed by atoms with E-state index in [2.05, 4.69) is 25.9 Å². The molecule has 28 heavy (non-hydrogen) atoms. The smallest absolute Gasteiger partial charge is 0.319 e. The molecule has 4 N–H and O–H groups in total. The zero-order valence-electron chi connectivity index (χ0n) is 16.6. The Morgan fingerprint density at radius 3 is 2.57 bits per heavy atom. The van der Waals surface area contributed by atoms with Crippen LogP contribution in [0.3, 0.4) is 0 Å². The van der Waals surface area contributed by atoms with Crippen LogP contribution in [0.15, 0.2) is 30.3 Å². The van der Waals surface area contributed by atoms with Crippen LogP contribution in [0.5, 0.6) is 0 Å². The third-order valence-corrected chi connectivity index (χ3v) is 4.24. The van der Waals surface area contributed by atoms with E-state index in [0.29, 0.717) is 24.2 Å². The molecular weight excluding hydrogens is 356 g/mol. The minimum absolute atomic E-state index is 0.0195. The van der Waals surface area contributed by atoms with E-state index in [9.17, 15) is 9.90 Å². The number of hydrogen-bond donors (Lipinski definition) is 4. The molecule has 1 atom stereocenters. The zero-order valence-corrected chi connectivity index (χ0v) is 16.6. The van der Waals surface area contributed by atoms with Crippen molar-refractivity contribution in [3.8, 4) is 11.4 Å². The summed E-state index contributed by atoms with van der Waals surface area (Å²) in [4.78, 5) is 23.1. The maximum Gasteiger partial charge on any atom is 0.319 e. The fourth-order valence-electron chi connectivity index (χ4n) is 2.69. The van der Waals surface area contributed by atoms with Crippen molar-refractivity contribution in [1.82, 2.24) is 20.2 Å². The summed E-state index contributed by atoms with van der Waals surface area (Å²) in [5, 5.41) is 18.2. The maximum absolute atomic E-state index is 11.9. The van der Waals surface area contributed by atoms with Crippen LogP contribution in [-0.4, -0.2) is 58.8 Å². The number of aliphatic hydroxyl groups excluding tert-OH is 1. The van der Waals surface area contributed by atoms with Crippen LogP contribution in [0, 0.1) is 0 Å². The average Bonchev–Trinajstić information content (AvgIpc) is 3.45. The molecule has 1 fully saturated rings. The van der Waals surface area contributed by atoms with Crippen molar-refractivity contribution in [1.29, 1.82) is 0 Å². The molecule has 150 valence electrons. The highest BCUT2D eigenvalue weighted by molar-refractivity contribution is 5.89. The van der Waals surface area contributed by atoms with Crippen LogP contribution in [0.4, 0.5) is 16.3 Å². The number of benzene rings is 1. The fraction of sp³-hybridized carbons (Fsp3) is 0.450. The molecule has 3 rings (SSSR count). The predicted molar refractivity (Wildman–Crippen MR) is 110 cm³/mol. The molecule has 2 aromatic rings. The first-order valence-electron chi connectivity index (χ1n) is 9.51. The summed E-state index contributed by atoms with van der Waals surface area (Å²) < 4.78 is 0. The fourth-order valence-corrected chi connectivity index (χ4v) is 2.69. The van der Waals surface area contributed by atoms with Gasteiger partial charge in [0.25, 0.3) is 0 Å². The van der Waals surface area contributed by atoms with Crippen molar-refractivity contribution >= 4 is 17.5 Å². The third kappa shape index (κ3) is 5.90. The van der Waals surface area contributed by atoms with Gasteiger partial charge in [0.1, 0.15) is 5.82 Å². The van der Waals surface area contributed by atoms with Crippen LogP contribution in [0.2, 0.25) is 0 Å². The standard InChI is InChI=1S/C20H28N6O2/c1-13(12-27)21-18-10-17(11-26(2)3)22-19(25-18)14-4-6-15(7-5-14)23-20(28)24-16-8-9-16/h4-7,10,13,16,27H,8-9,11-12H2,1-3H3,(H,21,22,25)(H2,23,24,28)/t13-/m0/s1. The number of anilines is 2. The topological polar surface area (TPSA) is 102 Å². The number of aliphatic hydroxyl groups is 1. The van der Waals surface area contributed by atoms with Gasteiger partial charge in [-0.2, -0.15) is 0 Å². The van der Waals surface area contributed by atoms with Crippen LogP contribution in [0.25, 0.3) is 11.4 Å². The molecule has 0 aliphatic heterocycles.